The number of thiol groups is 1. The highest BCUT2D eigenvalue weighted by atomic mass is 32.1. The van der Waals surface area contributed by atoms with E-state index in [0.29, 0.717) is 24.2 Å². The zero-order valence-corrected chi connectivity index (χ0v) is 22.6. The molecule has 0 saturated heterocycles. The minimum absolute atomic E-state index is 0.0581. The molecule has 1 aromatic rings. The van der Waals surface area contributed by atoms with Crippen LogP contribution in [0.2, 0.25) is 0 Å². The Balaban J connectivity index is 3.35. The molecule has 2 unspecified atom stereocenters. The van der Waals surface area contributed by atoms with Crippen LogP contribution >= 0.6 is 12.6 Å². The van der Waals surface area contributed by atoms with E-state index in [9.17, 15) is 14.4 Å². The van der Waals surface area contributed by atoms with Crippen molar-refractivity contribution in [2.45, 2.75) is 84.4 Å². The molecule has 7 nitrogen and oxygen atoms in total. The Morgan fingerprint density at radius 1 is 1.09 bits per heavy atom. The molecule has 8 heteroatoms. The Morgan fingerprint density at radius 3 is 2.23 bits per heavy atom. The van der Waals surface area contributed by atoms with Gasteiger partial charge in [0.2, 0.25) is 11.8 Å². The molecule has 0 fully saturated rings. The van der Waals surface area contributed by atoms with Crippen molar-refractivity contribution in [1.82, 2.24) is 15.5 Å². The van der Waals surface area contributed by atoms with Crippen molar-refractivity contribution in [3.05, 3.63) is 35.4 Å². The number of hydrogen-bond acceptors (Lipinski definition) is 5. The molecule has 2 atom stereocenters. The predicted molar refractivity (Wildman–Crippen MR) is 143 cm³/mol. The van der Waals surface area contributed by atoms with Gasteiger partial charge >= 0.3 is 6.09 Å². The number of nitrogens with one attached hydrogen (secondary N) is 2. The van der Waals surface area contributed by atoms with Gasteiger partial charge in [-0.2, -0.15) is 12.6 Å². The van der Waals surface area contributed by atoms with E-state index < -0.39 is 29.7 Å². The number of amides is 3. The van der Waals surface area contributed by atoms with Crippen LogP contribution in [0.25, 0.3) is 0 Å². The lowest BCUT2D eigenvalue weighted by Crippen LogP contribution is -2.54. The molecular weight excluding hydrogens is 462 g/mol. The second-order valence-electron chi connectivity index (χ2n) is 9.43. The quantitative estimate of drug-likeness (QED) is 0.211. The summed E-state index contributed by atoms with van der Waals surface area (Å²) in [6.07, 6.45) is 9.13. The highest BCUT2D eigenvalue weighted by Gasteiger charge is 2.35. The van der Waals surface area contributed by atoms with Gasteiger partial charge in [-0.1, -0.05) is 51.2 Å². The molecule has 3 amide bonds. The third kappa shape index (κ3) is 10.6. The molecule has 1 aromatic carbocycles. The molecule has 35 heavy (non-hydrogen) atoms. The first-order chi connectivity index (χ1) is 16.6. The lowest BCUT2D eigenvalue weighted by Gasteiger charge is -2.34. The van der Waals surface area contributed by atoms with Crippen molar-refractivity contribution in [2.24, 2.45) is 0 Å². The third-order valence-electron chi connectivity index (χ3n) is 5.24. The van der Waals surface area contributed by atoms with Crippen LogP contribution in [-0.4, -0.2) is 53.3 Å². The fraction of sp³-hybridized carbons (Fsp3) is 0.593. The normalized spacial score (nSPS) is 12.7. The van der Waals surface area contributed by atoms with Crippen LogP contribution in [0.1, 0.15) is 83.9 Å². The van der Waals surface area contributed by atoms with Crippen LogP contribution in [0.4, 0.5) is 4.79 Å². The predicted octanol–water partition coefficient (Wildman–Crippen LogP) is 4.47. The zero-order valence-electron chi connectivity index (χ0n) is 21.7. The van der Waals surface area contributed by atoms with Gasteiger partial charge in [0.25, 0.3) is 0 Å². The Labute approximate surface area is 216 Å². The van der Waals surface area contributed by atoms with Gasteiger partial charge in [0, 0.05) is 24.4 Å². The van der Waals surface area contributed by atoms with Crippen molar-refractivity contribution < 1.29 is 19.1 Å². The van der Waals surface area contributed by atoms with Gasteiger partial charge in [-0.15, -0.1) is 6.42 Å². The van der Waals surface area contributed by atoms with Crippen molar-refractivity contribution in [1.29, 1.82) is 0 Å². The molecule has 1 rings (SSSR count). The molecule has 0 spiro atoms. The van der Waals surface area contributed by atoms with Gasteiger partial charge < -0.3 is 20.3 Å². The first-order valence-corrected chi connectivity index (χ1v) is 13.0. The summed E-state index contributed by atoms with van der Waals surface area (Å²) in [5.41, 5.74) is 0.621. The van der Waals surface area contributed by atoms with Crippen molar-refractivity contribution >= 4 is 30.5 Å². The van der Waals surface area contributed by atoms with Gasteiger partial charge in [0.05, 0.1) is 0 Å². The number of nitrogens with zero attached hydrogens (tertiary/aromatic N) is 1. The third-order valence-corrected chi connectivity index (χ3v) is 5.61. The molecule has 0 radical (unpaired) electrons. The summed E-state index contributed by atoms with van der Waals surface area (Å²) in [5, 5.41) is 5.58. The van der Waals surface area contributed by atoms with Crippen LogP contribution in [0.5, 0.6) is 0 Å². The average molecular weight is 504 g/mol. The number of carbonyl (C=O) groups excluding carboxylic acids is 3. The lowest BCUT2D eigenvalue weighted by molar-refractivity contribution is -0.142. The van der Waals surface area contributed by atoms with Crippen molar-refractivity contribution in [3.8, 4) is 12.3 Å². The Kier molecular flexibility index (Phi) is 13.3. The first-order valence-electron chi connectivity index (χ1n) is 12.3. The molecule has 0 aromatic heterocycles. The molecular formula is C27H41N3O4S. The molecule has 194 valence electrons. The van der Waals surface area contributed by atoms with E-state index in [1.807, 2.05) is 6.92 Å². The zero-order chi connectivity index (χ0) is 26.4. The SMILES string of the molecule is C#Cc1ccc(C(C(=O)NCCCC)N(CCCCC)C(=O)C(CS)NC(=O)OC(C)(C)C)cc1. The number of carbonyl (C=O) groups is 3. The van der Waals surface area contributed by atoms with Crippen molar-refractivity contribution in [2.75, 3.05) is 18.8 Å². The van der Waals surface area contributed by atoms with Gasteiger partial charge in [-0.05, 0) is 51.3 Å². The van der Waals surface area contributed by atoms with E-state index in [2.05, 4.69) is 36.1 Å². The Hall–Kier alpha value is -2.66. The summed E-state index contributed by atoms with van der Waals surface area (Å²) >= 11 is 4.31. The highest BCUT2D eigenvalue weighted by Crippen LogP contribution is 2.24. The minimum Gasteiger partial charge on any atom is -0.444 e. The maximum Gasteiger partial charge on any atom is 0.408 e. The van der Waals surface area contributed by atoms with E-state index in [-0.39, 0.29) is 11.7 Å². The Bertz CT molecular complexity index is 859. The lowest BCUT2D eigenvalue weighted by atomic mass is 10.0. The standard InChI is InChI=1S/C27H41N3O4S/c1-7-10-12-18-30(25(32)22(19-35)29-26(33)34-27(4,5)6)23(24(31)28-17-11-8-2)21-15-13-20(9-3)14-16-21/h3,13-16,22-23,35H,7-8,10-12,17-19H2,1-2,4-6H3,(H,28,31)(H,29,33). The monoisotopic (exact) mass is 503 g/mol. The second-order valence-corrected chi connectivity index (χ2v) is 9.80. The highest BCUT2D eigenvalue weighted by molar-refractivity contribution is 7.80. The van der Waals surface area contributed by atoms with E-state index >= 15 is 0 Å². The number of terminal acetylenes is 1. The largest absolute Gasteiger partial charge is 0.444 e. The number of rotatable bonds is 13. The molecule has 0 aliphatic rings. The van der Waals surface area contributed by atoms with E-state index in [1.54, 1.807) is 49.9 Å². The summed E-state index contributed by atoms with van der Waals surface area (Å²) in [4.78, 5) is 41.1. The van der Waals surface area contributed by atoms with Crippen LogP contribution in [-0.2, 0) is 14.3 Å². The smallest absolute Gasteiger partial charge is 0.408 e. The maximum atomic E-state index is 13.7. The Morgan fingerprint density at radius 2 is 1.71 bits per heavy atom. The number of benzene rings is 1. The number of ether oxygens (including phenoxy) is 1. The average Bonchev–Trinajstić information content (AvgIpc) is 2.81. The fourth-order valence-corrected chi connectivity index (χ4v) is 3.70. The fourth-order valence-electron chi connectivity index (χ4n) is 3.45. The summed E-state index contributed by atoms with van der Waals surface area (Å²) in [5.74, 6) is 1.97. The minimum atomic E-state index is -0.953. The summed E-state index contributed by atoms with van der Waals surface area (Å²) in [6, 6.07) is 5.24. The van der Waals surface area contributed by atoms with Crippen molar-refractivity contribution in [3.63, 3.8) is 0 Å². The summed E-state index contributed by atoms with van der Waals surface area (Å²) in [6.45, 7) is 10.2. The molecule has 0 aliphatic heterocycles. The molecule has 0 heterocycles. The van der Waals surface area contributed by atoms with Gasteiger partial charge in [0.15, 0.2) is 0 Å². The van der Waals surface area contributed by atoms with E-state index in [1.165, 1.54) is 0 Å². The molecule has 0 aliphatic carbocycles. The number of alkyl carbamates (subject to hydrolysis) is 1. The topological polar surface area (TPSA) is 87.7 Å². The maximum absolute atomic E-state index is 13.7. The molecule has 0 saturated carbocycles. The molecule has 0 bridgehead atoms. The summed E-state index contributed by atoms with van der Waals surface area (Å²) in [7, 11) is 0. The van der Waals surface area contributed by atoms with Gasteiger partial charge in [0.1, 0.15) is 17.7 Å². The van der Waals surface area contributed by atoms with E-state index in [0.717, 1.165) is 32.1 Å². The van der Waals surface area contributed by atoms with Crippen LogP contribution in [0.15, 0.2) is 24.3 Å². The van der Waals surface area contributed by atoms with Crippen LogP contribution < -0.4 is 10.6 Å². The van der Waals surface area contributed by atoms with E-state index in [4.69, 9.17) is 11.2 Å². The first kappa shape index (κ1) is 30.4. The summed E-state index contributed by atoms with van der Waals surface area (Å²) < 4.78 is 5.33. The van der Waals surface area contributed by atoms with Crippen LogP contribution in [0, 0.1) is 12.3 Å². The van der Waals surface area contributed by atoms with Crippen LogP contribution in [0.3, 0.4) is 0 Å². The van der Waals surface area contributed by atoms with Gasteiger partial charge in [-0.25, -0.2) is 4.79 Å². The second kappa shape index (κ2) is 15.4. The molecule has 2 N–H and O–H groups in total. The number of unbranched alkanes of at least 4 members (excludes halogenated alkanes) is 3. The van der Waals surface area contributed by atoms with Gasteiger partial charge in [-0.3, -0.25) is 9.59 Å². The number of hydrogen-bond donors (Lipinski definition) is 3.